The number of thioether (sulfide) groups is 1. The minimum atomic E-state index is -1.12. The van der Waals surface area contributed by atoms with Gasteiger partial charge in [0.2, 0.25) is 5.75 Å². The molecule has 0 saturated heterocycles. The van der Waals surface area contributed by atoms with Crippen molar-refractivity contribution in [3.8, 4) is 11.5 Å². The lowest BCUT2D eigenvalue weighted by Gasteiger charge is -2.28. The molecule has 5 rings (SSSR count). The van der Waals surface area contributed by atoms with E-state index in [-0.39, 0.29) is 5.25 Å². The fourth-order valence-electron chi connectivity index (χ4n) is 6.21. The Morgan fingerprint density at radius 2 is 1.75 bits per heavy atom. The zero-order chi connectivity index (χ0) is 37.7. The van der Waals surface area contributed by atoms with E-state index >= 15 is 0 Å². The van der Waals surface area contributed by atoms with Crippen LogP contribution < -0.4 is 24.6 Å². The lowest BCUT2D eigenvalue weighted by molar-refractivity contribution is -0.394. The third-order valence-electron chi connectivity index (χ3n) is 8.93. The minimum Gasteiger partial charge on any atom is -0.497 e. The van der Waals surface area contributed by atoms with Crippen LogP contribution in [0.4, 0.5) is 33.2 Å². The molecule has 272 valence electrons. The molecule has 0 aromatic heterocycles. The number of halogens is 1. The predicted octanol–water partition coefficient (Wildman–Crippen LogP) is 9.38. The van der Waals surface area contributed by atoms with Crippen molar-refractivity contribution in [3.63, 3.8) is 0 Å². The summed E-state index contributed by atoms with van der Waals surface area (Å²) in [7, 11) is 3.05. The summed E-state index contributed by atoms with van der Waals surface area (Å²) in [5.41, 5.74) is 2.51. The van der Waals surface area contributed by atoms with Crippen molar-refractivity contribution in [2.24, 2.45) is 0 Å². The molecule has 1 atom stereocenters. The molecule has 0 spiro atoms. The van der Waals surface area contributed by atoms with Gasteiger partial charge in [-0.15, -0.1) is 11.8 Å². The van der Waals surface area contributed by atoms with Crippen LogP contribution >= 0.6 is 23.4 Å². The molecule has 1 N–H and O–H groups in total. The van der Waals surface area contributed by atoms with Crippen molar-refractivity contribution >= 4 is 63.8 Å². The molecule has 0 aliphatic heterocycles. The van der Waals surface area contributed by atoms with Crippen LogP contribution in [-0.4, -0.2) is 49.1 Å². The van der Waals surface area contributed by atoms with Crippen LogP contribution in [0.15, 0.2) is 71.6 Å². The normalized spacial score (nSPS) is 13.5. The van der Waals surface area contributed by atoms with Crippen LogP contribution in [0.2, 0.25) is 5.02 Å². The zero-order valence-electron chi connectivity index (χ0n) is 29.3. The van der Waals surface area contributed by atoms with Gasteiger partial charge in [0, 0.05) is 52.7 Å². The van der Waals surface area contributed by atoms with Gasteiger partial charge in [-0.05, 0) is 105 Å². The molecule has 13 nitrogen and oxygen atoms in total. The molecule has 0 heterocycles. The van der Waals surface area contributed by atoms with Crippen LogP contribution in [0, 0.1) is 27.2 Å². The second kappa shape index (κ2) is 16.3. The van der Waals surface area contributed by atoms with E-state index in [4.69, 9.17) is 21.1 Å². The number of anilines is 3. The highest BCUT2D eigenvalue weighted by Crippen LogP contribution is 2.48. The average molecular weight is 748 g/mol. The number of hydrogen-bond acceptors (Lipinski definition) is 10. The van der Waals surface area contributed by atoms with E-state index in [1.165, 1.54) is 23.7 Å². The number of methoxy groups -OCH3 is 1. The summed E-state index contributed by atoms with van der Waals surface area (Å²) in [6, 6.07) is 17.8. The Balaban J connectivity index is 1.50. The fourth-order valence-corrected chi connectivity index (χ4v) is 7.91. The quantitative estimate of drug-likeness (QED) is 0.109. The molecule has 15 heteroatoms. The lowest BCUT2D eigenvalue weighted by atomic mass is 9.91. The van der Waals surface area contributed by atoms with Gasteiger partial charge in [0.1, 0.15) is 5.75 Å². The molecule has 1 aliphatic rings. The van der Waals surface area contributed by atoms with E-state index in [1.54, 1.807) is 38.3 Å². The van der Waals surface area contributed by atoms with Gasteiger partial charge in [-0.2, -0.15) is 0 Å². The number of carbonyl (C=O) groups is 2. The summed E-state index contributed by atoms with van der Waals surface area (Å²) in [4.78, 5) is 53.9. The summed E-state index contributed by atoms with van der Waals surface area (Å²) in [5.74, 6) is -0.854. The Labute approximate surface area is 310 Å². The largest absolute Gasteiger partial charge is 0.497 e. The van der Waals surface area contributed by atoms with Gasteiger partial charge in [-0.3, -0.25) is 30.3 Å². The molecule has 1 unspecified atom stereocenters. The van der Waals surface area contributed by atoms with Gasteiger partial charge < -0.3 is 19.3 Å². The fraction of sp³-hybridized carbons (Fsp3) is 0.297. The molecule has 0 saturated carbocycles. The number of nitro benzene ring substituents is 2. The van der Waals surface area contributed by atoms with E-state index in [9.17, 15) is 29.8 Å². The zero-order valence-corrected chi connectivity index (χ0v) is 30.9. The summed E-state index contributed by atoms with van der Waals surface area (Å²) >= 11 is 7.94. The topological polar surface area (TPSA) is 157 Å². The van der Waals surface area contributed by atoms with Crippen LogP contribution in [0.5, 0.6) is 11.5 Å². The van der Waals surface area contributed by atoms with E-state index in [1.807, 2.05) is 44.2 Å². The van der Waals surface area contributed by atoms with Gasteiger partial charge >= 0.3 is 11.8 Å². The van der Waals surface area contributed by atoms with Crippen LogP contribution in [0.1, 0.15) is 59.0 Å². The molecule has 4 aromatic carbocycles. The van der Waals surface area contributed by atoms with Crippen molar-refractivity contribution < 1.29 is 28.9 Å². The number of rotatable bonds is 12. The average Bonchev–Trinajstić information content (AvgIpc) is 3.12. The molecular formula is C37H38ClN5O8S. The Morgan fingerprint density at radius 1 is 1.00 bits per heavy atom. The van der Waals surface area contributed by atoms with Gasteiger partial charge in [0.05, 0.1) is 34.3 Å². The highest BCUT2D eigenvalue weighted by atomic mass is 35.5. The van der Waals surface area contributed by atoms with Crippen LogP contribution in [0.25, 0.3) is 0 Å². The van der Waals surface area contributed by atoms with Crippen molar-refractivity contribution in [1.82, 2.24) is 0 Å². The molecule has 0 bridgehead atoms. The van der Waals surface area contributed by atoms with E-state index in [2.05, 4.69) is 10.2 Å². The van der Waals surface area contributed by atoms with E-state index in [0.717, 1.165) is 61.0 Å². The van der Waals surface area contributed by atoms with Crippen LogP contribution in [-0.2, 0) is 6.42 Å². The molecule has 2 amide bonds. The number of nitrogens with one attached hydrogen (secondary N) is 1. The van der Waals surface area contributed by atoms with Crippen molar-refractivity contribution in [2.45, 2.75) is 50.2 Å². The van der Waals surface area contributed by atoms with Crippen molar-refractivity contribution in [2.75, 3.05) is 42.4 Å². The molecule has 1 aliphatic carbocycles. The third-order valence-corrected chi connectivity index (χ3v) is 10.5. The predicted molar refractivity (Wildman–Crippen MR) is 203 cm³/mol. The number of hydrogen-bond donors (Lipinski definition) is 1. The monoisotopic (exact) mass is 747 g/mol. The second-order valence-electron chi connectivity index (χ2n) is 12.1. The number of carbonyl (C=O) groups excluding carboxylic acids is 2. The summed E-state index contributed by atoms with van der Waals surface area (Å²) < 4.78 is 10.9. The van der Waals surface area contributed by atoms with Crippen molar-refractivity contribution in [1.29, 1.82) is 0 Å². The maximum absolute atomic E-state index is 14.3. The first kappa shape index (κ1) is 37.9. The Bertz CT molecular complexity index is 2040. The number of non-ortho nitro benzene ring substituents is 1. The first-order valence-corrected chi connectivity index (χ1v) is 17.8. The lowest BCUT2D eigenvalue weighted by Crippen LogP contribution is -2.28. The number of ether oxygens (including phenoxy) is 2. The Kier molecular flexibility index (Phi) is 11.9. The van der Waals surface area contributed by atoms with Gasteiger partial charge in [-0.25, -0.2) is 4.79 Å². The van der Waals surface area contributed by atoms with E-state index in [0.29, 0.717) is 32.9 Å². The minimum absolute atomic E-state index is 0.0152. The van der Waals surface area contributed by atoms with Gasteiger partial charge in [0.25, 0.3) is 11.6 Å². The molecule has 0 fully saturated rings. The number of aryl methyl sites for hydroxylation is 2. The van der Waals surface area contributed by atoms with Gasteiger partial charge in [-0.1, -0.05) is 17.7 Å². The smallest absolute Gasteiger partial charge is 0.417 e. The Morgan fingerprint density at radius 3 is 2.40 bits per heavy atom. The maximum Gasteiger partial charge on any atom is 0.417 e. The summed E-state index contributed by atoms with van der Waals surface area (Å²) in [5, 5.41) is 27.1. The standard InChI is InChI=1S/C37H38ClN5O8S/c1-6-41(7-2)25-12-15-30(22(3)17-25)39-37(45)51-35-29(20-26(42(46)47)21-32(35)43(48)49)36(44)40(4)31-16-11-24(38)19-34(31)52-33-10-8-9-23-18-27(50-5)13-14-28(23)33/h11-21,33H,6-10H2,1-5H3,(H,39,45). The van der Waals surface area contributed by atoms with Crippen LogP contribution in [0.3, 0.4) is 0 Å². The first-order chi connectivity index (χ1) is 24.8. The summed E-state index contributed by atoms with van der Waals surface area (Å²) in [6.45, 7) is 7.39. The first-order valence-electron chi connectivity index (χ1n) is 16.6. The number of nitro groups is 2. The van der Waals surface area contributed by atoms with Gasteiger partial charge in [0.15, 0.2) is 0 Å². The van der Waals surface area contributed by atoms with E-state index < -0.39 is 44.5 Å². The molecule has 52 heavy (non-hydrogen) atoms. The second-order valence-corrected chi connectivity index (χ2v) is 13.8. The molecular weight excluding hydrogens is 710 g/mol. The molecule has 4 aromatic rings. The third kappa shape index (κ3) is 8.24. The molecule has 0 radical (unpaired) electrons. The highest BCUT2D eigenvalue weighted by Gasteiger charge is 2.33. The number of amides is 2. The SMILES string of the molecule is CCN(CC)c1ccc(NC(=O)Oc2c(C(=O)N(C)c3ccc(Cl)cc3SC3CCCc4cc(OC)ccc43)cc([N+](=O)[O-])cc2[N+](=O)[O-])c(C)c1. The summed E-state index contributed by atoms with van der Waals surface area (Å²) in [6.07, 6.45) is 1.56. The highest BCUT2D eigenvalue weighted by molar-refractivity contribution is 7.99. The Hall–Kier alpha value is -5.34. The maximum atomic E-state index is 14.3. The number of fused-ring (bicyclic) bond motifs is 1. The van der Waals surface area contributed by atoms with Crippen molar-refractivity contribution in [3.05, 3.63) is 114 Å². The number of nitrogens with zero attached hydrogens (tertiary/aromatic N) is 4. The number of benzene rings is 4.